The van der Waals surface area contributed by atoms with Crippen molar-refractivity contribution >= 4 is 21.9 Å². The van der Waals surface area contributed by atoms with Gasteiger partial charge in [-0.2, -0.15) is 5.10 Å². The Morgan fingerprint density at radius 2 is 2.37 bits per heavy atom. The maximum absolute atomic E-state index is 11.3. The molecule has 3 rings (SSSR count). The molecule has 1 unspecified atom stereocenters. The summed E-state index contributed by atoms with van der Waals surface area (Å²) in [7, 11) is 0. The Kier molecular flexibility index (Phi) is 3.10. The van der Waals surface area contributed by atoms with Crippen molar-refractivity contribution < 1.29 is 9.90 Å². The van der Waals surface area contributed by atoms with Crippen LogP contribution in [-0.4, -0.2) is 26.3 Å². The SMILES string of the molecule is O=C(O)c1n[nH]c2c1C(c1ccnc(Br)c1)CCC2. The van der Waals surface area contributed by atoms with Crippen LogP contribution in [0.4, 0.5) is 0 Å². The van der Waals surface area contributed by atoms with Crippen molar-refractivity contribution in [2.45, 2.75) is 25.2 Å². The predicted molar refractivity (Wildman–Crippen MR) is 72.3 cm³/mol. The number of H-pyrrole nitrogens is 1. The third-order valence-electron chi connectivity index (χ3n) is 3.51. The van der Waals surface area contributed by atoms with Crippen molar-refractivity contribution in [2.75, 3.05) is 0 Å². The van der Waals surface area contributed by atoms with Crippen molar-refractivity contribution in [3.8, 4) is 0 Å². The number of carbonyl (C=O) groups is 1. The number of fused-ring (bicyclic) bond motifs is 1. The van der Waals surface area contributed by atoms with E-state index >= 15 is 0 Å². The summed E-state index contributed by atoms with van der Waals surface area (Å²) in [6.45, 7) is 0. The summed E-state index contributed by atoms with van der Waals surface area (Å²) >= 11 is 3.36. The molecule has 0 amide bonds. The molecule has 0 fully saturated rings. The summed E-state index contributed by atoms with van der Waals surface area (Å²) in [6, 6.07) is 3.88. The summed E-state index contributed by atoms with van der Waals surface area (Å²) in [5.41, 5.74) is 3.00. The summed E-state index contributed by atoms with van der Waals surface area (Å²) < 4.78 is 0.762. The van der Waals surface area contributed by atoms with E-state index in [2.05, 4.69) is 31.1 Å². The van der Waals surface area contributed by atoms with Gasteiger partial charge in [0.25, 0.3) is 0 Å². The van der Waals surface area contributed by atoms with E-state index in [9.17, 15) is 9.90 Å². The number of aromatic nitrogens is 3. The molecule has 19 heavy (non-hydrogen) atoms. The standard InChI is InChI=1S/C13H12BrN3O2/c14-10-6-7(4-5-15-10)8-2-1-3-9-11(8)12(13(18)19)17-16-9/h4-6,8H,1-3H2,(H,16,17)(H,18,19). The molecule has 0 saturated carbocycles. The monoisotopic (exact) mass is 321 g/mol. The number of carboxylic acid groups (broad SMARTS) is 1. The fraction of sp³-hybridized carbons (Fsp3) is 0.308. The number of pyridine rings is 1. The number of aryl methyl sites for hydroxylation is 1. The van der Waals surface area contributed by atoms with E-state index in [1.807, 2.05) is 12.1 Å². The summed E-state index contributed by atoms with van der Waals surface area (Å²) in [4.78, 5) is 15.4. The second-order valence-corrected chi connectivity index (χ2v) is 5.44. The van der Waals surface area contributed by atoms with Crippen LogP contribution in [0.15, 0.2) is 22.9 Å². The van der Waals surface area contributed by atoms with Crippen LogP contribution in [0.1, 0.15) is 46.1 Å². The molecule has 0 saturated heterocycles. The first-order chi connectivity index (χ1) is 9.16. The second kappa shape index (κ2) is 4.77. The van der Waals surface area contributed by atoms with Gasteiger partial charge in [-0.15, -0.1) is 0 Å². The van der Waals surface area contributed by atoms with Crippen molar-refractivity contribution in [3.63, 3.8) is 0 Å². The van der Waals surface area contributed by atoms with Crippen molar-refractivity contribution in [3.05, 3.63) is 45.4 Å². The van der Waals surface area contributed by atoms with Crippen LogP contribution in [-0.2, 0) is 6.42 Å². The lowest BCUT2D eigenvalue weighted by molar-refractivity contribution is 0.0688. The van der Waals surface area contributed by atoms with Crippen LogP contribution in [0.5, 0.6) is 0 Å². The highest BCUT2D eigenvalue weighted by Gasteiger charge is 2.30. The topological polar surface area (TPSA) is 78.9 Å². The molecule has 6 heteroatoms. The smallest absolute Gasteiger partial charge is 0.356 e. The van der Waals surface area contributed by atoms with Crippen molar-refractivity contribution in [2.24, 2.45) is 0 Å². The van der Waals surface area contributed by atoms with Gasteiger partial charge >= 0.3 is 5.97 Å². The van der Waals surface area contributed by atoms with E-state index in [0.717, 1.165) is 40.7 Å². The Morgan fingerprint density at radius 1 is 1.53 bits per heavy atom. The van der Waals surface area contributed by atoms with Gasteiger partial charge in [0.2, 0.25) is 0 Å². The Balaban J connectivity index is 2.11. The Bertz CT molecular complexity index is 639. The minimum atomic E-state index is -0.975. The first-order valence-corrected chi connectivity index (χ1v) is 6.88. The summed E-state index contributed by atoms with van der Waals surface area (Å²) in [6.07, 6.45) is 4.55. The van der Waals surface area contributed by atoms with Gasteiger partial charge in [0.15, 0.2) is 5.69 Å². The predicted octanol–water partition coefficient (Wildman–Crippen LogP) is 2.73. The molecule has 5 nitrogen and oxygen atoms in total. The minimum absolute atomic E-state index is 0.0768. The fourth-order valence-corrected chi connectivity index (χ4v) is 3.09. The molecule has 1 aliphatic carbocycles. The van der Waals surface area contributed by atoms with Gasteiger partial charge in [0, 0.05) is 23.4 Å². The largest absolute Gasteiger partial charge is 0.476 e. The highest BCUT2D eigenvalue weighted by atomic mass is 79.9. The lowest BCUT2D eigenvalue weighted by Gasteiger charge is -2.23. The number of nitrogens with one attached hydrogen (secondary N) is 1. The highest BCUT2D eigenvalue weighted by molar-refractivity contribution is 9.10. The van der Waals surface area contributed by atoms with Gasteiger partial charge in [0.05, 0.1) is 0 Å². The molecule has 0 radical (unpaired) electrons. The number of hydrogen-bond acceptors (Lipinski definition) is 3. The number of rotatable bonds is 2. The van der Waals surface area contributed by atoms with E-state index in [4.69, 9.17) is 0 Å². The molecule has 2 N–H and O–H groups in total. The third kappa shape index (κ3) is 2.16. The quantitative estimate of drug-likeness (QED) is 0.833. The molecular formula is C13H12BrN3O2. The zero-order valence-corrected chi connectivity index (χ0v) is 11.6. The molecule has 0 aliphatic heterocycles. The molecule has 0 bridgehead atoms. The lowest BCUT2D eigenvalue weighted by atomic mass is 9.81. The van der Waals surface area contributed by atoms with Gasteiger partial charge in [-0.05, 0) is 52.9 Å². The molecule has 2 aromatic rings. The van der Waals surface area contributed by atoms with Gasteiger partial charge in [-0.1, -0.05) is 0 Å². The van der Waals surface area contributed by atoms with Crippen molar-refractivity contribution in [1.82, 2.24) is 15.2 Å². The second-order valence-electron chi connectivity index (χ2n) is 4.63. The highest BCUT2D eigenvalue weighted by Crippen LogP contribution is 2.38. The van der Waals surface area contributed by atoms with E-state index in [-0.39, 0.29) is 11.6 Å². The molecule has 2 aromatic heterocycles. The van der Waals surface area contributed by atoms with Gasteiger partial charge in [-0.3, -0.25) is 5.10 Å². The first-order valence-electron chi connectivity index (χ1n) is 6.08. The van der Waals surface area contributed by atoms with E-state index in [1.54, 1.807) is 6.20 Å². The van der Waals surface area contributed by atoms with E-state index in [1.165, 1.54) is 0 Å². The van der Waals surface area contributed by atoms with Crippen LogP contribution >= 0.6 is 15.9 Å². The van der Waals surface area contributed by atoms with Gasteiger partial charge < -0.3 is 5.11 Å². The van der Waals surface area contributed by atoms with Crippen LogP contribution in [0.3, 0.4) is 0 Å². The molecule has 2 heterocycles. The average molecular weight is 322 g/mol. The van der Waals surface area contributed by atoms with Crippen LogP contribution in [0.25, 0.3) is 0 Å². The fourth-order valence-electron chi connectivity index (χ4n) is 2.71. The molecule has 0 spiro atoms. The Morgan fingerprint density at radius 3 is 3.11 bits per heavy atom. The summed E-state index contributed by atoms with van der Waals surface area (Å²) in [5, 5.41) is 16.1. The van der Waals surface area contributed by atoms with Crippen molar-refractivity contribution in [1.29, 1.82) is 0 Å². The van der Waals surface area contributed by atoms with E-state index < -0.39 is 5.97 Å². The maximum Gasteiger partial charge on any atom is 0.356 e. The zero-order chi connectivity index (χ0) is 13.4. The molecule has 98 valence electrons. The number of carboxylic acids is 1. The molecular weight excluding hydrogens is 310 g/mol. The zero-order valence-electron chi connectivity index (χ0n) is 10.1. The Labute approximate surface area is 118 Å². The number of nitrogens with zero attached hydrogens (tertiary/aromatic N) is 2. The van der Waals surface area contributed by atoms with E-state index in [0.29, 0.717) is 0 Å². The number of halogens is 1. The molecule has 1 aliphatic rings. The first kappa shape index (κ1) is 12.3. The normalized spacial score (nSPS) is 18.1. The lowest BCUT2D eigenvalue weighted by Crippen LogP contribution is -2.13. The Hall–Kier alpha value is -1.69. The number of aromatic amines is 1. The van der Waals surface area contributed by atoms with Crippen LogP contribution in [0, 0.1) is 0 Å². The number of hydrogen-bond donors (Lipinski definition) is 2. The van der Waals surface area contributed by atoms with Crippen LogP contribution in [0.2, 0.25) is 0 Å². The molecule has 1 atom stereocenters. The molecule has 0 aromatic carbocycles. The van der Waals surface area contributed by atoms with Gasteiger partial charge in [-0.25, -0.2) is 9.78 Å². The third-order valence-corrected chi connectivity index (χ3v) is 3.94. The maximum atomic E-state index is 11.3. The summed E-state index contributed by atoms with van der Waals surface area (Å²) in [5.74, 6) is -0.898. The minimum Gasteiger partial charge on any atom is -0.476 e. The average Bonchev–Trinajstić information content (AvgIpc) is 2.82. The number of aromatic carboxylic acids is 1. The van der Waals surface area contributed by atoms with Gasteiger partial charge in [0.1, 0.15) is 4.60 Å². The van der Waals surface area contributed by atoms with Crippen LogP contribution < -0.4 is 0 Å².